The number of amides is 2. The van der Waals surface area contributed by atoms with Crippen LogP contribution in [0.5, 0.6) is 0 Å². The minimum absolute atomic E-state index is 0.0313. The number of aliphatic hydroxyl groups is 2. The van der Waals surface area contributed by atoms with Crippen molar-refractivity contribution in [2.75, 3.05) is 19.0 Å². The van der Waals surface area contributed by atoms with Crippen molar-refractivity contribution in [2.24, 2.45) is 20.7 Å². The largest absolute Gasteiger partial charge is 0.472 e. The number of nitrogens with zero attached hydrogens (tertiary/aromatic N) is 4. The normalized spacial score (nSPS) is 39.8. The third-order valence-electron chi connectivity index (χ3n) is 7.04. The van der Waals surface area contributed by atoms with Crippen LogP contribution >= 0.6 is 19.6 Å². The van der Waals surface area contributed by atoms with E-state index in [0.29, 0.717) is 11.7 Å². The Kier molecular flexibility index (Phi) is 8.07. The lowest BCUT2D eigenvalue weighted by molar-refractivity contribution is -0.0776. The molecular weight excluding hydrogens is 529 g/mol. The molecule has 0 spiro atoms. The molecule has 0 aromatic heterocycles. The lowest BCUT2D eigenvalue weighted by atomic mass is 10.0. The fraction of sp³-hybridized carbons (Fsp3) is 0.800. The summed E-state index contributed by atoms with van der Waals surface area (Å²) in [5.74, 6) is 1.18. The Balaban J connectivity index is 1.00. The summed E-state index contributed by atoms with van der Waals surface area (Å²) >= 11 is 1.85. The van der Waals surface area contributed by atoms with Crippen LogP contribution in [-0.2, 0) is 18.3 Å². The monoisotopic (exact) mass is 561 g/mol. The zero-order chi connectivity index (χ0) is 26.2. The minimum atomic E-state index is -4.39. The first-order valence-corrected chi connectivity index (χ1v) is 14.8. The first kappa shape index (κ1) is 26.8. The van der Waals surface area contributed by atoms with Gasteiger partial charge in [-0.25, -0.2) is 19.3 Å². The SMILES string of the molecule is NC1=NC=NC2C1N=CN2[C@@H]1OC(COP(=O)(O)OCCCCC[C@@H]2SC[C@@H]3NC(=O)N[C@@H]32)[C@@H](O)[C@H]1O. The maximum absolute atomic E-state index is 12.3. The molecule has 5 aliphatic rings. The number of phosphoric acid groups is 1. The Morgan fingerprint density at radius 3 is 2.89 bits per heavy atom. The van der Waals surface area contributed by atoms with Gasteiger partial charge in [-0.3, -0.25) is 14.0 Å². The van der Waals surface area contributed by atoms with Crippen molar-refractivity contribution in [3.05, 3.63) is 0 Å². The number of hydrogen-bond acceptors (Lipinski definition) is 13. The van der Waals surface area contributed by atoms with Crippen LogP contribution < -0.4 is 16.4 Å². The highest BCUT2D eigenvalue weighted by atomic mass is 32.2. The van der Waals surface area contributed by atoms with E-state index in [-0.39, 0.29) is 30.6 Å². The number of hydrogen-bond donors (Lipinski definition) is 6. The molecular formula is C20H32N7O8PS. The third kappa shape index (κ3) is 5.81. The second kappa shape index (κ2) is 11.1. The van der Waals surface area contributed by atoms with Crippen molar-refractivity contribution >= 4 is 44.1 Å². The Morgan fingerprint density at radius 1 is 1.22 bits per heavy atom. The molecule has 0 radical (unpaired) electrons. The molecule has 15 nitrogen and oxygen atoms in total. The fourth-order valence-corrected chi connectivity index (χ4v) is 7.38. The van der Waals surface area contributed by atoms with Gasteiger partial charge in [0, 0.05) is 11.0 Å². The van der Waals surface area contributed by atoms with Gasteiger partial charge in [0.1, 0.15) is 36.5 Å². The predicted octanol–water partition coefficient (Wildman–Crippen LogP) is -1.27. The van der Waals surface area contributed by atoms with Gasteiger partial charge in [-0.05, 0) is 12.8 Å². The van der Waals surface area contributed by atoms with Crippen molar-refractivity contribution in [3.8, 4) is 0 Å². The number of thioether (sulfide) groups is 1. The zero-order valence-corrected chi connectivity index (χ0v) is 21.6. The van der Waals surface area contributed by atoms with E-state index in [4.69, 9.17) is 19.5 Å². The number of fused-ring (bicyclic) bond motifs is 2. The third-order valence-corrected chi connectivity index (χ3v) is 9.53. The summed E-state index contributed by atoms with van der Waals surface area (Å²) in [5.41, 5.74) is 5.84. The van der Waals surface area contributed by atoms with Crippen molar-refractivity contribution in [1.29, 1.82) is 0 Å². The van der Waals surface area contributed by atoms with Gasteiger partial charge in [0.15, 0.2) is 12.4 Å². The van der Waals surface area contributed by atoms with Gasteiger partial charge in [-0.2, -0.15) is 11.8 Å². The average Bonchev–Trinajstić information content (AvgIpc) is 3.60. The molecule has 17 heteroatoms. The summed E-state index contributed by atoms with van der Waals surface area (Å²) in [6.45, 7) is -0.431. The number of rotatable bonds is 11. The van der Waals surface area contributed by atoms with Gasteiger partial charge in [0.25, 0.3) is 0 Å². The van der Waals surface area contributed by atoms with E-state index in [1.165, 1.54) is 17.6 Å². The number of nitrogens with two attached hydrogens (primary N) is 1. The summed E-state index contributed by atoms with van der Waals surface area (Å²) in [4.78, 5) is 35.4. The van der Waals surface area contributed by atoms with Gasteiger partial charge in [-0.1, -0.05) is 12.8 Å². The number of ether oxygens (including phenoxy) is 1. The quantitative estimate of drug-likeness (QED) is 0.0994. The van der Waals surface area contributed by atoms with Gasteiger partial charge in [0.05, 0.1) is 31.6 Å². The number of amidine groups is 1. The molecule has 3 saturated heterocycles. The molecule has 0 aromatic rings. The van der Waals surface area contributed by atoms with Gasteiger partial charge >= 0.3 is 13.9 Å². The molecule has 7 N–H and O–H groups in total. The Morgan fingerprint density at radius 2 is 2.05 bits per heavy atom. The van der Waals surface area contributed by atoms with Gasteiger partial charge in [-0.15, -0.1) is 0 Å². The molecule has 3 fully saturated rings. The summed E-state index contributed by atoms with van der Waals surface area (Å²) in [6, 6.07) is -0.275. The number of carbonyl (C=O) groups excluding carboxylic acids is 1. The van der Waals surface area contributed by atoms with Gasteiger partial charge < -0.3 is 41.1 Å². The Hall–Kier alpha value is -1.78. The van der Waals surface area contributed by atoms with E-state index in [2.05, 4.69) is 25.6 Å². The van der Waals surface area contributed by atoms with E-state index in [9.17, 15) is 24.5 Å². The number of unbranched alkanes of at least 4 members (excludes halogenated alkanes) is 2. The molecule has 0 bridgehead atoms. The highest BCUT2D eigenvalue weighted by Gasteiger charge is 2.50. The van der Waals surface area contributed by atoms with Crippen molar-refractivity contribution in [2.45, 2.75) is 79.8 Å². The second-order valence-corrected chi connectivity index (χ2v) is 12.2. The van der Waals surface area contributed by atoms with Crippen LogP contribution in [-0.4, -0.2) is 118 Å². The second-order valence-electron chi connectivity index (χ2n) is 9.50. The molecule has 5 aliphatic heterocycles. The number of phosphoric ester groups is 1. The lowest BCUT2D eigenvalue weighted by Crippen LogP contribution is -2.51. The first-order chi connectivity index (χ1) is 17.7. The van der Waals surface area contributed by atoms with Crippen LogP contribution in [0.4, 0.5) is 4.79 Å². The van der Waals surface area contributed by atoms with Crippen molar-refractivity contribution in [1.82, 2.24) is 15.5 Å². The molecule has 0 saturated carbocycles. The van der Waals surface area contributed by atoms with Crippen LogP contribution in [0.1, 0.15) is 25.7 Å². The van der Waals surface area contributed by atoms with Crippen LogP contribution in [0.3, 0.4) is 0 Å². The molecule has 5 heterocycles. The van der Waals surface area contributed by atoms with Crippen LogP contribution in [0, 0.1) is 0 Å². The van der Waals surface area contributed by atoms with Crippen molar-refractivity contribution in [3.63, 3.8) is 0 Å². The Labute approximate surface area is 217 Å². The van der Waals surface area contributed by atoms with Crippen LogP contribution in [0.2, 0.25) is 0 Å². The van der Waals surface area contributed by atoms with Crippen LogP contribution in [0.25, 0.3) is 0 Å². The molecule has 37 heavy (non-hydrogen) atoms. The summed E-state index contributed by atoms with van der Waals surface area (Å²) in [7, 11) is -4.39. The molecule has 4 unspecified atom stereocenters. The van der Waals surface area contributed by atoms with E-state index >= 15 is 0 Å². The topological polar surface area (TPSA) is 213 Å². The molecule has 0 aromatic carbocycles. The predicted molar refractivity (Wildman–Crippen MR) is 134 cm³/mol. The molecule has 0 aliphatic carbocycles. The highest BCUT2D eigenvalue weighted by molar-refractivity contribution is 8.00. The Bertz CT molecular complexity index is 1000. The van der Waals surface area contributed by atoms with Crippen molar-refractivity contribution < 1.29 is 38.3 Å². The molecule has 10 atom stereocenters. The highest BCUT2D eigenvalue weighted by Crippen LogP contribution is 2.44. The lowest BCUT2D eigenvalue weighted by Gasteiger charge is -2.31. The fourth-order valence-electron chi connectivity index (χ4n) is 5.07. The van der Waals surface area contributed by atoms with E-state index in [1.807, 2.05) is 11.8 Å². The van der Waals surface area contributed by atoms with E-state index in [1.54, 1.807) is 0 Å². The number of urea groups is 1. The van der Waals surface area contributed by atoms with E-state index in [0.717, 1.165) is 25.0 Å². The number of nitrogens with one attached hydrogen (secondary N) is 2. The number of aliphatic imine (C=N–C) groups is 3. The molecule has 5 rings (SSSR count). The first-order valence-electron chi connectivity index (χ1n) is 12.2. The maximum Gasteiger partial charge on any atom is 0.472 e. The maximum atomic E-state index is 12.3. The summed E-state index contributed by atoms with van der Waals surface area (Å²) < 4.78 is 28.1. The standard InChI is InChI=1S/C20H32N7O8PS/c21-17-14-18(23-8-22-17)27(9-24-14)19-16(29)15(28)11(35-19)6-34-36(31,32)33-5-3-1-2-4-12-13-10(7-37-12)25-20(30)26-13/h8-16,18-19,28-29H,1-7H2,(H,31,32)(H2,21,22,23)(H2,25,26,30)/t10-,11?,12-,13-,14?,15+,16+,18?,19+/m0/s1. The summed E-state index contributed by atoms with van der Waals surface area (Å²) in [5, 5.41) is 27.2. The van der Waals surface area contributed by atoms with E-state index < -0.39 is 51.2 Å². The molecule has 206 valence electrons. The average molecular weight is 562 g/mol. The number of carbonyl (C=O) groups is 1. The summed E-state index contributed by atoms with van der Waals surface area (Å²) in [6.07, 6.45) is 0.566. The molecule has 2 amide bonds. The number of aliphatic hydroxyl groups excluding tert-OH is 2. The zero-order valence-electron chi connectivity index (χ0n) is 19.9. The van der Waals surface area contributed by atoms with Crippen LogP contribution in [0.15, 0.2) is 15.0 Å². The van der Waals surface area contributed by atoms with Gasteiger partial charge in [0.2, 0.25) is 0 Å². The minimum Gasteiger partial charge on any atom is -0.387 e. The smallest absolute Gasteiger partial charge is 0.387 e.